The molecule has 0 saturated carbocycles. The molecule has 0 radical (unpaired) electrons. The molecule has 0 spiro atoms. The van der Waals surface area contributed by atoms with E-state index in [-0.39, 0.29) is 45.1 Å². The van der Waals surface area contributed by atoms with Gasteiger partial charge in [-0.15, -0.1) is 0 Å². The van der Waals surface area contributed by atoms with Crippen molar-refractivity contribution in [2.75, 3.05) is 26.3 Å². The summed E-state index contributed by atoms with van der Waals surface area (Å²) in [5.74, 6) is -2.64. The number of carbonyl (C=O) groups excluding carboxylic acids is 4. The highest BCUT2D eigenvalue weighted by atomic mass is 35.5. The fourth-order valence-electron chi connectivity index (χ4n) is 5.94. The number of alkyl carbamates (subject to hydrolysis) is 2. The number of ether oxygens (including phenoxy) is 4. The van der Waals surface area contributed by atoms with Crippen molar-refractivity contribution in [1.29, 1.82) is 0 Å². The molecular formula is C40H46ClN3O10. The lowest BCUT2D eigenvalue weighted by molar-refractivity contribution is -0.150. The van der Waals surface area contributed by atoms with Crippen LogP contribution in [0.3, 0.4) is 0 Å². The van der Waals surface area contributed by atoms with E-state index in [0.29, 0.717) is 17.0 Å². The van der Waals surface area contributed by atoms with E-state index in [0.717, 1.165) is 27.2 Å². The lowest BCUT2D eigenvalue weighted by atomic mass is 9.98. The van der Waals surface area contributed by atoms with E-state index >= 15 is 0 Å². The number of esters is 1. The van der Waals surface area contributed by atoms with Crippen LogP contribution in [-0.2, 0) is 35.1 Å². The lowest BCUT2D eigenvalue weighted by Gasteiger charge is -2.32. The summed E-state index contributed by atoms with van der Waals surface area (Å²) in [6.45, 7) is 7.61. The quantitative estimate of drug-likeness (QED) is 0.0560. The molecule has 288 valence electrons. The first-order valence-electron chi connectivity index (χ1n) is 17.5. The first-order valence-corrected chi connectivity index (χ1v) is 17.9. The van der Waals surface area contributed by atoms with Crippen LogP contribution in [0.15, 0.2) is 85.5 Å². The summed E-state index contributed by atoms with van der Waals surface area (Å²) in [5.41, 5.74) is 3.62. The molecule has 3 aromatic carbocycles. The molecule has 54 heavy (non-hydrogen) atoms. The zero-order valence-electron chi connectivity index (χ0n) is 30.5. The molecule has 1 aliphatic rings. The minimum Gasteiger partial charge on any atom is -0.480 e. The van der Waals surface area contributed by atoms with Crippen LogP contribution in [0.25, 0.3) is 11.1 Å². The Kier molecular flexibility index (Phi) is 14.9. The number of nitrogens with zero attached hydrogens (tertiary/aromatic N) is 1. The number of carboxylic acids is 1. The zero-order valence-corrected chi connectivity index (χ0v) is 31.3. The van der Waals surface area contributed by atoms with E-state index in [9.17, 15) is 29.1 Å². The molecule has 3 N–H and O–H groups in total. The summed E-state index contributed by atoms with van der Waals surface area (Å²) in [4.78, 5) is 66.0. The maximum Gasteiger partial charge on any atom is 0.410 e. The van der Waals surface area contributed by atoms with Crippen LogP contribution in [0.4, 0.5) is 14.4 Å². The fourth-order valence-corrected chi connectivity index (χ4v) is 6.13. The predicted octanol–water partition coefficient (Wildman–Crippen LogP) is 7.06. The Morgan fingerprint density at radius 1 is 0.889 bits per heavy atom. The number of carboxylic acid groups (broad SMARTS) is 1. The highest BCUT2D eigenvalue weighted by molar-refractivity contribution is 6.31. The van der Waals surface area contributed by atoms with E-state index in [4.69, 9.17) is 30.5 Å². The average molecular weight is 764 g/mol. The number of aliphatic carboxylic acids is 1. The van der Waals surface area contributed by atoms with Crippen LogP contribution in [0.2, 0.25) is 5.02 Å². The third-order valence-corrected chi connectivity index (χ3v) is 8.79. The predicted molar refractivity (Wildman–Crippen MR) is 201 cm³/mol. The molecule has 2 atom stereocenters. The Balaban J connectivity index is 1.51. The molecule has 0 bridgehead atoms. The van der Waals surface area contributed by atoms with E-state index in [1.54, 1.807) is 45.0 Å². The van der Waals surface area contributed by atoms with Crippen molar-refractivity contribution in [3.63, 3.8) is 0 Å². The molecule has 3 aromatic rings. The van der Waals surface area contributed by atoms with Gasteiger partial charge in [-0.1, -0.05) is 91.0 Å². The standard InChI is InChI=1S/C40H46ClN3O10/c1-5-22-51-36(47)34(20-12-13-21-42-37(48)52-24-26-14-6-11-19-32(26)41)44(23-33(35(45)46)43-38(49)54-40(2,3)4)39(50)53-25-31-29-17-9-7-15-27(29)28-16-8-10-18-30(28)31/h5-11,14-19,31,33-34H,1,12-13,20-25H2,2-4H3,(H,42,48)(H,43,49)(H,45,46)/t33-,34-/m0/s1. The van der Waals surface area contributed by atoms with Crippen molar-refractivity contribution in [2.45, 2.75) is 70.2 Å². The van der Waals surface area contributed by atoms with Gasteiger partial charge in [0.25, 0.3) is 0 Å². The number of benzene rings is 3. The molecule has 4 rings (SSSR count). The summed E-state index contributed by atoms with van der Waals surface area (Å²) < 4.78 is 21.7. The van der Waals surface area contributed by atoms with E-state index in [1.807, 2.05) is 48.5 Å². The molecule has 0 unspecified atom stereocenters. The summed E-state index contributed by atoms with van der Waals surface area (Å²) >= 11 is 6.13. The smallest absolute Gasteiger partial charge is 0.410 e. The number of carbonyl (C=O) groups is 5. The minimum absolute atomic E-state index is 0.00466. The van der Waals surface area contributed by atoms with Crippen LogP contribution < -0.4 is 10.6 Å². The second kappa shape index (κ2) is 19.5. The van der Waals surface area contributed by atoms with Gasteiger partial charge in [0.1, 0.15) is 37.5 Å². The van der Waals surface area contributed by atoms with E-state index in [2.05, 4.69) is 17.2 Å². The van der Waals surface area contributed by atoms with Crippen molar-refractivity contribution < 1.29 is 48.0 Å². The molecule has 0 fully saturated rings. The summed E-state index contributed by atoms with van der Waals surface area (Å²) in [6, 6.07) is 19.4. The van der Waals surface area contributed by atoms with Gasteiger partial charge in [-0.3, -0.25) is 4.90 Å². The summed E-state index contributed by atoms with van der Waals surface area (Å²) in [6.07, 6.45) is -0.706. The monoisotopic (exact) mass is 763 g/mol. The topological polar surface area (TPSA) is 170 Å². The van der Waals surface area contributed by atoms with Crippen LogP contribution >= 0.6 is 11.6 Å². The Morgan fingerprint density at radius 3 is 2.13 bits per heavy atom. The molecule has 0 aliphatic heterocycles. The van der Waals surface area contributed by atoms with Crippen LogP contribution in [-0.4, -0.2) is 84.2 Å². The van der Waals surface area contributed by atoms with Crippen LogP contribution in [0.5, 0.6) is 0 Å². The van der Waals surface area contributed by atoms with Gasteiger partial charge in [-0.25, -0.2) is 24.0 Å². The van der Waals surface area contributed by atoms with E-state index < -0.39 is 54.4 Å². The Morgan fingerprint density at radius 2 is 1.52 bits per heavy atom. The van der Waals surface area contributed by atoms with Gasteiger partial charge in [-0.05, 0) is 68.4 Å². The number of hydrogen-bond acceptors (Lipinski definition) is 9. The van der Waals surface area contributed by atoms with Gasteiger partial charge in [0.05, 0.1) is 6.54 Å². The number of nitrogens with one attached hydrogen (secondary N) is 2. The molecule has 1 aliphatic carbocycles. The SMILES string of the molecule is C=CCOC(=O)[C@H](CCCCNC(=O)OCc1ccccc1Cl)N(C[C@H](NC(=O)OC(C)(C)C)C(=O)O)C(=O)OCC1c2ccccc2-c2ccccc21. The third kappa shape index (κ3) is 11.7. The first kappa shape index (κ1) is 41.2. The molecular weight excluding hydrogens is 718 g/mol. The van der Waals surface area contributed by atoms with Crippen molar-refractivity contribution in [1.82, 2.24) is 15.5 Å². The molecule has 3 amide bonds. The van der Waals surface area contributed by atoms with Crippen LogP contribution in [0.1, 0.15) is 62.6 Å². The third-order valence-electron chi connectivity index (χ3n) is 8.42. The number of fused-ring (bicyclic) bond motifs is 3. The largest absolute Gasteiger partial charge is 0.480 e. The molecule has 13 nitrogen and oxygen atoms in total. The second-order valence-corrected chi connectivity index (χ2v) is 13.9. The minimum atomic E-state index is -1.69. The number of unbranched alkanes of at least 4 members (excludes halogenated alkanes) is 1. The lowest BCUT2D eigenvalue weighted by Crippen LogP contribution is -2.55. The number of amides is 3. The highest BCUT2D eigenvalue weighted by Crippen LogP contribution is 2.44. The number of halogens is 1. The van der Waals surface area contributed by atoms with Crippen LogP contribution in [0, 0.1) is 0 Å². The Hall–Kier alpha value is -5.56. The van der Waals surface area contributed by atoms with Gasteiger partial charge >= 0.3 is 30.2 Å². The molecule has 0 saturated heterocycles. The fraction of sp³-hybridized carbons (Fsp3) is 0.375. The molecule has 0 heterocycles. The van der Waals surface area contributed by atoms with Crippen molar-refractivity contribution >= 4 is 41.8 Å². The number of hydrogen-bond donors (Lipinski definition) is 3. The molecule has 0 aromatic heterocycles. The van der Waals surface area contributed by atoms with Gasteiger partial charge in [0, 0.05) is 23.0 Å². The maximum atomic E-state index is 14.1. The summed E-state index contributed by atoms with van der Waals surface area (Å²) in [5, 5.41) is 15.5. The van der Waals surface area contributed by atoms with Gasteiger partial charge in [0.2, 0.25) is 0 Å². The maximum absolute atomic E-state index is 14.1. The summed E-state index contributed by atoms with van der Waals surface area (Å²) in [7, 11) is 0. The van der Waals surface area contributed by atoms with E-state index in [1.165, 1.54) is 6.08 Å². The highest BCUT2D eigenvalue weighted by Gasteiger charge is 2.38. The van der Waals surface area contributed by atoms with Gasteiger partial charge < -0.3 is 34.7 Å². The normalized spacial score (nSPS) is 13.0. The Bertz CT molecular complexity index is 1760. The van der Waals surface area contributed by atoms with Crippen molar-refractivity contribution in [2.24, 2.45) is 0 Å². The van der Waals surface area contributed by atoms with Gasteiger partial charge in [0.15, 0.2) is 0 Å². The van der Waals surface area contributed by atoms with Gasteiger partial charge in [-0.2, -0.15) is 0 Å². The second-order valence-electron chi connectivity index (χ2n) is 13.5. The zero-order chi connectivity index (χ0) is 39.3. The number of rotatable bonds is 17. The Labute approximate surface area is 319 Å². The average Bonchev–Trinajstić information content (AvgIpc) is 3.45. The first-order chi connectivity index (χ1) is 25.8. The molecule has 14 heteroatoms. The van der Waals surface area contributed by atoms with Crippen molar-refractivity contribution in [3.05, 3.63) is 107 Å². The van der Waals surface area contributed by atoms with Crippen molar-refractivity contribution in [3.8, 4) is 11.1 Å².